The molecule has 0 aliphatic carbocycles. The average Bonchev–Trinajstić information content (AvgIpc) is 3.46. The predicted octanol–water partition coefficient (Wildman–Crippen LogP) is 4.33. The van der Waals surface area contributed by atoms with Crippen LogP contribution in [0.25, 0.3) is 10.2 Å². The second-order valence-electron chi connectivity index (χ2n) is 6.96. The van der Waals surface area contributed by atoms with E-state index in [1.807, 2.05) is 59.5 Å². The molecule has 1 aromatic carbocycles. The number of nitrogens with zero attached hydrogens (tertiary/aromatic N) is 3. The van der Waals surface area contributed by atoms with E-state index >= 15 is 0 Å². The molecular formula is C22H21N3O3S2. The summed E-state index contributed by atoms with van der Waals surface area (Å²) in [7, 11) is 1.71. The van der Waals surface area contributed by atoms with E-state index < -0.39 is 5.97 Å². The summed E-state index contributed by atoms with van der Waals surface area (Å²) < 4.78 is 7.19. The number of likely N-dealkylation sites (N-methyl/N-ethyl adjacent to an activating group) is 1. The number of thiophene rings is 2. The Bertz CT molecular complexity index is 1160. The second kappa shape index (κ2) is 8.81. The third kappa shape index (κ3) is 4.44. The third-order valence-corrected chi connectivity index (χ3v) is 6.70. The molecule has 0 fully saturated rings. The van der Waals surface area contributed by atoms with E-state index in [9.17, 15) is 9.59 Å². The molecule has 4 rings (SSSR count). The summed E-state index contributed by atoms with van der Waals surface area (Å²) in [6.07, 6.45) is 0. The van der Waals surface area contributed by atoms with Crippen LogP contribution in [0, 0.1) is 6.92 Å². The lowest BCUT2D eigenvalue weighted by atomic mass is 10.2. The Labute approximate surface area is 182 Å². The van der Waals surface area contributed by atoms with Crippen LogP contribution in [0.15, 0.2) is 53.9 Å². The molecule has 0 N–H and O–H groups in total. The highest BCUT2D eigenvalue weighted by Crippen LogP contribution is 2.29. The summed E-state index contributed by atoms with van der Waals surface area (Å²) in [6, 6.07) is 15.8. The summed E-state index contributed by atoms with van der Waals surface area (Å²) in [4.78, 5) is 28.8. The van der Waals surface area contributed by atoms with Crippen molar-refractivity contribution < 1.29 is 14.3 Å². The number of aromatic nitrogens is 2. The van der Waals surface area contributed by atoms with Gasteiger partial charge in [0.1, 0.15) is 9.71 Å². The zero-order valence-electron chi connectivity index (χ0n) is 16.7. The van der Waals surface area contributed by atoms with Gasteiger partial charge in [0.15, 0.2) is 6.61 Å². The van der Waals surface area contributed by atoms with E-state index in [-0.39, 0.29) is 12.5 Å². The Hall–Kier alpha value is -2.97. The number of aryl methyl sites for hydroxylation is 1. The van der Waals surface area contributed by atoms with Gasteiger partial charge in [0, 0.05) is 17.3 Å². The van der Waals surface area contributed by atoms with Crippen LogP contribution in [0.4, 0.5) is 0 Å². The Balaban J connectivity index is 1.42. The van der Waals surface area contributed by atoms with Gasteiger partial charge in [-0.1, -0.05) is 36.4 Å². The first-order chi connectivity index (χ1) is 14.5. The molecule has 0 saturated heterocycles. The molecule has 0 bridgehead atoms. The molecule has 0 aliphatic heterocycles. The average molecular weight is 440 g/mol. The monoisotopic (exact) mass is 439 g/mol. The van der Waals surface area contributed by atoms with Gasteiger partial charge in [-0.25, -0.2) is 4.79 Å². The molecule has 6 nitrogen and oxygen atoms in total. The number of hydrogen-bond donors (Lipinski definition) is 0. The van der Waals surface area contributed by atoms with Crippen molar-refractivity contribution in [2.45, 2.75) is 20.0 Å². The first kappa shape index (κ1) is 20.3. The predicted molar refractivity (Wildman–Crippen MR) is 119 cm³/mol. The van der Waals surface area contributed by atoms with E-state index in [1.54, 1.807) is 29.4 Å². The number of amides is 1. The zero-order valence-corrected chi connectivity index (χ0v) is 18.3. The molecule has 8 heteroatoms. The van der Waals surface area contributed by atoms with Crippen molar-refractivity contribution in [2.75, 3.05) is 13.7 Å². The molecule has 0 saturated carbocycles. The summed E-state index contributed by atoms with van der Waals surface area (Å²) in [5.74, 6) is -0.718. The number of hydrogen-bond acceptors (Lipinski definition) is 6. The van der Waals surface area contributed by atoms with Crippen molar-refractivity contribution in [1.29, 1.82) is 0 Å². The van der Waals surface area contributed by atoms with Gasteiger partial charge in [0.25, 0.3) is 5.91 Å². The van der Waals surface area contributed by atoms with Crippen molar-refractivity contribution in [3.05, 3.63) is 74.9 Å². The minimum Gasteiger partial charge on any atom is -0.451 e. The van der Waals surface area contributed by atoms with Gasteiger partial charge >= 0.3 is 5.97 Å². The molecule has 1 amide bonds. The lowest BCUT2D eigenvalue weighted by molar-refractivity contribution is -0.133. The van der Waals surface area contributed by atoms with Gasteiger partial charge in [0.2, 0.25) is 0 Å². The lowest BCUT2D eigenvalue weighted by Crippen LogP contribution is -2.30. The van der Waals surface area contributed by atoms with Gasteiger partial charge < -0.3 is 9.64 Å². The normalized spacial score (nSPS) is 11.0. The van der Waals surface area contributed by atoms with Gasteiger partial charge in [0.05, 0.1) is 18.8 Å². The van der Waals surface area contributed by atoms with E-state index in [1.165, 1.54) is 11.3 Å². The maximum Gasteiger partial charge on any atom is 0.348 e. The first-order valence-corrected chi connectivity index (χ1v) is 11.1. The number of rotatable bonds is 7. The summed E-state index contributed by atoms with van der Waals surface area (Å²) in [5, 5.41) is 7.50. The van der Waals surface area contributed by atoms with Gasteiger partial charge in [-0.3, -0.25) is 9.48 Å². The molecule has 30 heavy (non-hydrogen) atoms. The number of benzene rings is 1. The quantitative estimate of drug-likeness (QED) is 0.402. The van der Waals surface area contributed by atoms with E-state index in [4.69, 9.17) is 4.74 Å². The molecule has 0 unspecified atom stereocenters. The second-order valence-corrected chi connectivity index (χ2v) is 9.03. The lowest BCUT2D eigenvalue weighted by Gasteiger charge is -2.15. The van der Waals surface area contributed by atoms with Crippen LogP contribution in [0.2, 0.25) is 0 Å². The highest BCUT2D eigenvalue weighted by atomic mass is 32.1. The third-order valence-electron chi connectivity index (χ3n) is 4.71. The van der Waals surface area contributed by atoms with Crippen LogP contribution in [0.3, 0.4) is 0 Å². The number of ether oxygens (including phenoxy) is 1. The van der Waals surface area contributed by atoms with Crippen molar-refractivity contribution in [3.63, 3.8) is 0 Å². The summed E-state index contributed by atoms with van der Waals surface area (Å²) in [6.45, 7) is 2.79. The maximum atomic E-state index is 12.5. The molecule has 0 radical (unpaired) electrons. The molecule has 3 aromatic heterocycles. The first-order valence-electron chi connectivity index (χ1n) is 9.45. The molecule has 3 heterocycles. The largest absolute Gasteiger partial charge is 0.451 e. The molecule has 0 atom stereocenters. The van der Waals surface area contributed by atoms with Crippen molar-refractivity contribution in [3.8, 4) is 0 Å². The fourth-order valence-corrected chi connectivity index (χ4v) is 4.92. The Kier molecular flexibility index (Phi) is 5.96. The minimum absolute atomic E-state index is 0.232. The number of carbonyl (C=O) groups excluding carboxylic acids is 2. The zero-order chi connectivity index (χ0) is 21.1. The van der Waals surface area contributed by atoms with E-state index in [0.29, 0.717) is 18.0 Å². The molecule has 4 aromatic rings. The highest BCUT2D eigenvalue weighted by molar-refractivity contribution is 7.20. The van der Waals surface area contributed by atoms with Gasteiger partial charge in [-0.2, -0.15) is 5.10 Å². The van der Waals surface area contributed by atoms with Crippen molar-refractivity contribution >= 4 is 44.8 Å². The Morgan fingerprint density at radius 1 is 1.17 bits per heavy atom. The molecular weight excluding hydrogens is 418 g/mol. The maximum absolute atomic E-state index is 12.5. The molecule has 0 spiro atoms. The minimum atomic E-state index is -0.486. The standard InChI is InChI=1S/C22H21N3O3S2/c1-15-18-11-19(30-21(18)25(23-15)12-16-7-4-3-5-8-16)22(27)28-14-20(26)24(2)13-17-9-6-10-29-17/h3-11H,12-14H2,1-2H3. The number of fused-ring (bicyclic) bond motifs is 1. The van der Waals surface area contributed by atoms with E-state index in [2.05, 4.69) is 5.10 Å². The van der Waals surface area contributed by atoms with Crippen LogP contribution in [0.1, 0.15) is 25.8 Å². The van der Waals surface area contributed by atoms with Crippen LogP contribution < -0.4 is 0 Å². The summed E-state index contributed by atoms with van der Waals surface area (Å²) >= 11 is 2.93. The van der Waals surface area contributed by atoms with Crippen LogP contribution in [0.5, 0.6) is 0 Å². The van der Waals surface area contributed by atoms with Crippen LogP contribution >= 0.6 is 22.7 Å². The summed E-state index contributed by atoms with van der Waals surface area (Å²) in [5.41, 5.74) is 2.00. The highest BCUT2D eigenvalue weighted by Gasteiger charge is 2.19. The topological polar surface area (TPSA) is 64.4 Å². The van der Waals surface area contributed by atoms with Crippen LogP contribution in [-0.4, -0.2) is 40.2 Å². The smallest absolute Gasteiger partial charge is 0.348 e. The van der Waals surface area contributed by atoms with E-state index in [0.717, 1.165) is 26.4 Å². The molecule has 154 valence electrons. The van der Waals surface area contributed by atoms with Gasteiger partial charge in [-0.15, -0.1) is 22.7 Å². The fourth-order valence-electron chi connectivity index (χ4n) is 3.11. The Morgan fingerprint density at radius 3 is 2.70 bits per heavy atom. The van der Waals surface area contributed by atoms with Gasteiger partial charge in [-0.05, 0) is 30.0 Å². The fraction of sp³-hybridized carbons (Fsp3) is 0.227. The SMILES string of the molecule is Cc1nn(Cc2ccccc2)c2sc(C(=O)OCC(=O)N(C)Cc3cccs3)cc12. The van der Waals surface area contributed by atoms with Crippen molar-refractivity contribution in [1.82, 2.24) is 14.7 Å². The van der Waals surface area contributed by atoms with Crippen LogP contribution in [-0.2, 0) is 22.6 Å². The number of carbonyl (C=O) groups is 2. The Morgan fingerprint density at radius 2 is 1.97 bits per heavy atom. The van der Waals surface area contributed by atoms with Crippen molar-refractivity contribution in [2.24, 2.45) is 0 Å². The number of esters is 1. The molecule has 0 aliphatic rings.